The summed E-state index contributed by atoms with van der Waals surface area (Å²) >= 11 is 0. The maximum absolute atomic E-state index is 11.6. The fraction of sp³-hybridized carbons (Fsp3) is 0.818. The molecule has 1 rings (SSSR count). The summed E-state index contributed by atoms with van der Waals surface area (Å²) in [5.74, 6) is -1.38. The van der Waals surface area contributed by atoms with E-state index in [2.05, 4.69) is 5.32 Å². The van der Waals surface area contributed by atoms with Crippen LogP contribution in [0.4, 0.5) is 0 Å². The molecule has 1 N–H and O–H groups in total. The lowest BCUT2D eigenvalue weighted by Crippen LogP contribution is -2.26. The van der Waals surface area contributed by atoms with Crippen molar-refractivity contribution in [2.75, 3.05) is 25.5 Å². The zero-order valence-electron chi connectivity index (χ0n) is 11.0. The summed E-state index contributed by atoms with van der Waals surface area (Å²) < 4.78 is 32.7. The Bertz CT molecular complexity index is 432. The molecule has 7 nitrogen and oxygen atoms in total. The highest BCUT2D eigenvalue weighted by atomic mass is 32.2. The summed E-state index contributed by atoms with van der Waals surface area (Å²) in [6, 6.07) is 0. The quantitative estimate of drug-likeness (QED) is 0.392. The molecule has 0 saturated carbocycles. The van der Waals surface area contributed by atoms with Crippen molar-refractivity contribution in [1.82, 2.24) is 5.32 Å². The van der Waals surface area contributed by atoms with E-state index in [1.54, 1.807) is 0 Å². The van der Waals surface area contributed by atoms with Crippen molar-refractivity contribution in [2.24, 2.45) is 11.8 Å². The molecule has 0 bridgehead atoms. The van der Waals surface area contributed by atoms with Gasteiger partial charge in [-0.25, -0.2) is 0 Å². The van der Waals surface area contributed by atoms with Gasteiger partial charge >= 0.3 is 5.97 Å². The Morgan fingerprint density at radius 3 is 2.74 bits per heavy atom. The lowest BCUT2D eigenvalue weighted by molar-refractivity contribution is -0.141. The van der Waals surface area contributed by atoms with Crippen LogP contribution in [-0.2, 0) is 28.6 Å². The molecular weight excluding hydrogens is 274 g/mol. The first-order valence-corrected chi connectivity index (χ1v) is 7.68. The fourth-order valence-corrected chi connectivity index (χ4v) is 2.62. The van der Waals surface area contributed by atoms with E-state index in [0.29, 0.717) is 6.61 Å². The maximum atomic E-state index is 11.6. The number of hydrogen-bond acceptors (Lipinski definition) is 6. The summed E-state index contributed by atoms with van der Waals surface area (Å²) in [5.41, 5.74) is 0. The van der Waals surface area contributed by atoms with E-state index in [0.717, 1.165) is 0 Å². The molecule has 1 fully saturated rings. The SMILES string of the molecule is CC(=O)NCCCS(=O)(=O)OCC1C(=O)OCC1C. The molecule has 1 aliphatic rings. The Kier molecular flexibility index (Phi) is 5.74. The number of carbonyl (C=O) groups is 2. The minimum absolute atomic E-state index is 0.0397. The Balaban J connectivity index is 2.30. The first kappa shape index (κ1) is 15.9. The average molecular weight is 293 g/mol. The van der Waals surface area contributed by atoms with Crippen molar-refractivity contribution in [2.45, 2.75) is 20.3 Å². The fourth-order valence-electron chi connectivity index (χ4n) is 1.65. The Morgan fingerprint density at radius 2 is 2.21 bits per heavy atom. The minimum atomic E-state index is -3.67. The number of hydrogen-bond donors (Lipinski definition) is 1. The van der Waals surface area contributed by atoms with Crippen LogP contribution < -0.4 is 5.32 Å². The van der Waals surface area contributed by atoms with Crippen LogP contribution in [0.5, 0.6) is 0 Å². The molecule has 1 saturated heterocycles. The van der Waals surface area contributed by atoms with Crippen LogP contribution in [0.3, 0.4) is 0 Å². The van der Waals surface area contributed by atoms with Gasteiger partial charge in [-0.1, -0.05) is 6.92 Å². The van der Waals surface area contributed by atoms with E-state index < -0.39 is 22.0 Å². The first-order chi connectivity index (χ1) is 8.82. The normalized spacial score (nSPS) is 23.2. The predicted octanol–water partition coefficient (Wildman–Crippen LogP) is -0.332. The van der Waals surface area contributed by atoms with Gasteiger partial charge in [-0.2, -0.15) is 8.42 Å². The van der Waals surface area contributed by atoms with Crippen molar-refractivity contribution >= 4 is 22.0 Å². The van der Waals surface area contributed by atoms with Gasteiger partial charge in [-0.05, 0) is 6.42 Å². The Morgan fingerprint density at radius 1 is 1.53 bits per heavy atom. The molecule has 0 aromatic heterocycles. The summed E-state index contributed by atoms with van der Waals surface area (Å²) in [6.45, 7) is 3.57. The molecule has 0 radical (unpaired) electrons. The third kappa shape index (κ3) is 5.56. The van der Waals surface area contributed by atoms with E-state index in [1.165, 1.54) is 6.92 Å². The molecule has 0 aromatic rings. The molecule has 0 aliphatic carbocycles. The monoisotopic (exact) mass is 293 g/mol. The first-order valence-electron chi connectivity index (χ1n) is 6.10. The van der Waals surface area contributed by atoms with Gasteiger partial charge in [-0.15, -0.1) is 0 Å². The average Bonchev–Trinajstić information content (AvgIpc) is 2.62. The van der Waals surface area contributed by atoms with Gasteiger partial charge < -0.3 is 10.1 Å². The largest absolute Gasteiger partial charge is 0.465 e. The number of esters is 1. The zero-order chi connectivity index (χ0) is 14.5. The van der Waals surface area contributed by atoms with E-state index >= 15 is 0 Å². The van der Waals surface area contributed by atoms with Gasteiger partial charge in [0.1, 0.15) is 0 Å². The van der Waals surface area contributed by atoms with Crippen molar-refractivity contribution in [3.05, 3.63) is 0 Å². The number of rotatable bonds is 7. The molecule has 2 unspecified atom stereocenters. The van der Waals surface area contributed by atoms with Crippen LogP contribution in [0.25, 0.3) is 0 Å². The standard InChI is InChI=1S/C11H19NO6S/c1-8-6-17-11(14)10(8)7-18-19(15,16)5-3-4-12-9(2)13/h8,10H,3-7H2,1-2H3,(H,12,13). The van der Waals surface area contributed by atoms with Crippen LogP contribution in [0, 0.1) is 11.8 Å². The zero-order valence-corrected chi connectivity index (χ0v) is 11.9. The second-order valence-electron chi connectivity index (χ2n) is 4.60. The summed E-state index contributed by atoms with van der Waals surface area (Å²) in [6.07, 6.45) is 0.270. The lowest BCUT2D eigenvalue weighted by atomic mass is 9.99. The van der Waals surface area contributed by atoms with Crippen LogP contribution >= 0.6 is 0 Å². The number of nitrogens with one attached hydrogen (secondary N) is 1. The molecule has 8 heteroatoms. The maximum Gasteiger partial charge on any atom is 0.311 e. The smallest absolute Gasteiger partial charge is 0.311 e. The van der Waals surface area contributed by atoms with Crippen LogP contribution in [0.1, 0.15) is 20.3 Å². The highest BCUT2D eigenvalue weighted by Gasteiger charge is 2.35. The Labute approximate surface area is 112 Å². The van der Waals surface area contributed by atoms with Gasteiger partial charge in [0, 0.05) is 19.4 Å². The van der Waals surface area contributed by atoms with Crippen molar-refractivity contribution in [3.8, 4) is 0 Å². The number of cyclic esters (lactones) is 1. The summed E-state index contributed by atoms with van der Waals surface area (Å²) in [4.78, 5) is 21.9. The van der Waals surface area contributed by atoms with E-state index in [-0.39, 0.29) is 37.2 Å². The minimum Gasteiger partial charge on any atom is -0.465 e. The van der Waals surface area contributed by atoms with Crippen molar-refractivity contribution < 1.29 is 26.9 Å². The molecule has 1 amide bonds. The summed E-state index contributed by atoms with van der Waals surface area (Å²) in [7, 11) is -3.67. The van der Waals surface area contributed by atoms with Crippen LogP contribution in [0.15, 0.2) is 0 Å². The number of carbonyl (C=O) groups excluding carboxylic acids is 2. The molecule has 19 heavy (non-hydrogen) atoms. The lowest BCUT2D eigenvalue weighted by Gasteiger charge is -2.11. The number of amides is 1. The van der Waals surface area contributed by atoms with Crippen LogP contribution in [0.2, 0.25) is 0 Å². The second kappa shape index (κ2) is 6.85. The van der Waals surface area contributed by atoms with Crippen LogP contribution in [-0.4, -0.2) is 45.8 Å². The molecule has 0 spiro atoms. The van der Waals surface area contributed by atoms with Crippen molar-refractivity contribution in [3.63, 3.8) is 0 Å². The number of ether oxygens (including phenoxy) is 1. The molecule has 2 atom stereocenters. The molecular formula is C11H19NO6S. The van der Waals surface area contributed by atoms with Gasteiger partial charge in [-0.3, -0.25) is 13.8 Å². The van der Waals surface area contributed by atoms with E-state index in [9.17, 15) is 18.0 Å². The third-order valence-corrected chi connectivity index (χ3v) is 4.13. The van der Waals surface area contributed by atoms with Gasteiger partial charge in [0.15, 0.2) is 0 Å². The molecule has 1 aliphatic heterocycles. The van der Waals surface area contributed by atoms with Gasteiger partial charge in [0.2, 0.25) is 5.91 Å². The van der Waals surface area contributed by atoms with E-state index in [1.807, 2.05) is 6.92 Å². The molecule has 1 heterocycles. The second-order valence-corrected chi connectivity index (χ2v) is 6.36. The molecule has 110 valence electrons. The van der Waals surface area contributed by atoms with Gasteiger partial charge in [0.25, 0.3) is 10.1 Å². The van der Waals surface area contributed by atoms with E-state index in [4.69, 9.17) is 8.92 Å². The predicted molar refractivity (Wildman–Crippen MR) is 66.7 cm³/mol. The Hall–Kier alpha value is -1.15. The topological polar surface area (TPSA) is 98.8 Å². The van der Waals surface area contributed by atoms with Crippen molar-refractivity contribution in [1.29, 1.82) is 0 Å². The highest BCUT2D eigenvalue weighted by Crippen LogP contribution is 2.22. The third-order valence-electron chi connectivity index (χ3n) is 2.85. The summed E-state index contributed by atoms with van der Waals surface area (Å²) in [5, 5.41) is 2.50. The van der Waals surface area contributed by atoms with Gasteiger partial charge in [0.05, 0.1) is 24.9 Å². The highest BCUT2D eigenvalue weighted by molar-refractivity contribution is 7.86. The molecule has 0 aromatic carbocycles.